The lowest BCUT2D eigenvalue weighted by Gasteiger charge is -2.04. The lowest BCUT2D eigenvalue weighted by atomic mass is 10.2. The lowest BCUT2D eigenvalue weighted by Crippen LogP contribution is -2.08. The van der Waals surface area contributed by atoms with E-state index in [2.05, 4.69) is 31.5 Å². The van der Waals surface area contributed by atoms with Gasteiger partial charge in [0.2, 0.25) is 0 Å². The van der Waals surface area contributed by atoms with Crippen molar-refractivity contribution in [2.24, 2.45) is 0 Å². The van der Waals surface area contributed by atoms with Gasteiger partial charge in [0, 0.05) is 17.3 Å². The van der Waals surface area contributed by atoms with Crippen LogP contribution in [0.25, 0.3) is 10.6 Å². The largest absolute Gasteiger partial charge is 0.359 e. The van der Waals surface area contributed by atoms with Crippen molar-refractivity contribution in [3.8, 4) is 10.6 Å². The van der Waals surface area contributed by atoms with Crippen molar-refractivity contribution in [1.29, 1.82) is 0 Å². The topological polar surface area (TPSA) is 37.8 Å². The summed E-state index contributed by atoms with van der Waals surface area (Å²) in [6.07, 6.45) is 3.61. The summed E-state index contributed by atoms with van der Waals surface area (Å²) < 4.78 is 0. The average Bonchev–Trinajstić information content (AvgIpc) is 2.97. The minimum absolute atomic E-state index is 0.426. The number of aryl methyl sites for hydroxylation is 1. The van der Waals surface area contributed by atoms with Crippen molar-refractivity contribution < 1.29 is 0 Å². The average molecular weight is 293 g/mol. The number of hydrogen-bond donors (Lipinski definition) is 1. The third-order valence-electron chi connectivity index (χ3n) is 3.11. The van der Waals surface area contributed by atoms with Crippen LogP contribution in [0, 0.1) is 0 Å². The van der Waals surface area contributed by atoms with E-state index < -0.39 is 0 Å². The van der Waals surface area contributed by atoms with Crippen molar-refractivity contribution in [1.82, 2.24) is 9.97 Å². The monoisotopic (exact) mass is 293 g/mol. The molecule has 0 aromatic carbocycles. The van der Waals surface area contributed by atoms with Crippen LogP contribution in [0.1, 0.15) is 50.2 Å². The summed E-state index contributed by atoms with van der Waals surface area (Å²) in [6.45, 7) is 6.45. The summed E-state index contributed by atoms with van der Waals surface area (Å²) >= 11 is 3.51. The number of thiazole rings is 2. The number of nitrogens with one attached hydrogen (secondary N) is 1. The van der Waals surface area contributed by atoms with E-state index in [-0.39, 0.29) is 0 Å². The Morgan fingerprint density at radius 3 is 2.79 bits per heavy atom. The highest BCUT2D eigenvalue weighted by Crippen LogP contribution is 2.46. The quantitative estimate of drug-likeness (QED) is 0.880. The molecule has 3 nitrogen and oxygen atoms in total. The van der Waals surface area contributed by atoms with Gasteiger partial charge in [-0.3, -0.25) is 0 Å². The summed E-state index contributed by atoms with van der Waals surface area (Å²) in [5.41, 5.74) is 2.40. The fourth-order valence-corrected chi connectivity index (χ4v) is 4.01. The zero-order valence-corrected chi connectivity index (χ0v) is 13.2. The van der Waals surface area contributed by atoms with E-state index in [4.69, 9.17) is 9.97 Å². The van der Waals surface area contributed by atoms with Gasteiger partial charge < -0.3 is 5.32 Å². The second-order valence-corrected chi connectivity index (χ2v) is 7.23. The SMILES string of the molecule is CCc1nc(C2CC2)c(-c2csc(NC(C)C)n2)s1. The first-order chi connectivity index (χ1) is 9.17. The molecule has 2 aromatic heterocycles. The molecule has 19 heavy (non-hydrogen) atoms. The molecule has 1 aliphatic rings. The second-order valence-electron chi connectivity index (χ2n) is 5.29. The van der Waals surface area contributed by atoms with Gasteiger partial charge in [0.05, 0.1) is 21.3 Å². The van der Waals surface area contributed by atoms with Crippen LogP contribution in [-0.4, -0.2) is 16.0 Å². The van der Waals surface area contributed by atoms with Crippen LogP contribution in [0.15, 0.2) is 5.38 Å². The molecule has 0 unspecified atom stereocenters. The van der Waals surface area contributed by atoms with Gasteiger partial charge in [-0.05, 0) is 33.1 Å². The van der Waals surface area contributed by atoms with Gasteiger partial charge in [-0.15, -0.1) is 22.7 Å². The molecule has 2 heterocycles. The van der Waals surface area contributed by atoms with Gasteiger partial charge in [0.1, 0.15) is 0 Å². The summed E-state index contributed by atoms with van der Waals surface area (Å²) in [7, 11) is 0. The molecule has 1 saturated carbocycles. The number of anilines is 1. The highest BCUT2D eigenvalue weighted by Gasteiger charge is 2.30. The number of nitrogens with zero attached hydrogens (tertiary/aromatic N) is 2. The van der Waals surface area contributed by atoms with Gasteiger partial charge in [0.25, 0.3) is 0 Å². The predicted octanol–water partition coefficient (Wildman–Crippen LogP) is 4.53. The molecule has 2 aromatic rings. The van der Waals surface area contributed by atoms with Gasteiger partial charge in [-0.2, -0.15) is 0 Å². The third kappa shape index (κ3) is 2.82. The fraction of sp³-hybridized carbons (Fsp3) is 0.571. The first-order valence-electron chi connectivity index (χ1n) is 6.89. The van der Waals surface area contributed by atoms with Crippen LogP contribution < -0.4 is 5.32 Å². The Morgan fingerprint density at radius 2 is 2.16 bits per heavy atom. The van der Waals surface area contributed by atoms with E-state index in [0.717, 1.165) is 17.2 Å². The summed E-state index contributed by atoms with van der Waals surface area (Å²) in [5, 5.41) is 7.78. The van der Waals surface area contributed by atoms with E-state index in [9.17, 15) is 0 Å². The Bertz CT molecular complexity index is 567. The molecule has 0 atom stereocenters. The Labute approximate surface area is 122 Å². The molecule has 0 bridgehead atoms. The van der Waals surface area contributed by atoms with Crippen LogP contribution in [0.5, 0.6) is 0 Å². The maximum absolute atomic E-state index is 4.80. The van der Waals surface area contributed by atoms with Gasteiger partial charge in [-0.1, -0.05) is 6.92 Å². The Hall–Kier alpha value is -0.940. The number of aromatic nitrogens is 2. The minimum Gasteiger partial charge on any atom is -0.359 e. The molecule has 0 spiro atoms. The van der Waals surface area contributed by atoms with Crippen LogP contribution in [-0.2, 0) is 6.42 Å². The molecule has 5 heteroatoms. The maximum atomic E-state index is 4.80. The summed E-state index contributed by atoms with van der Waals surface area (Å²) in [5.74, 6) is 0.690. The molecule has 0 saturated heterocycles. The number of rotatable bonds is 5. The smallest absolute Gasteiger partial charge is 0.183 e. The van der Waals surface area contributed by atoms with Crippen molar-refractivity contribution in [2.45, 2.75) is 52.0 Å². The molecule has 0 radical (unpaired) electrons. The number of hydrogen-bond acceptors (Lipinski definition) is 5. The van der Waals surface area contributed by atoms with Crippen molar-refractivity contribution in [3.63, 3.8) is 0 Å². The molecule has 1 aliphatic carbocycles. The van der Waals surface area contributed by atoms with E-state index in [1.54, 1.807) is 11.3 Å². The van der Waals surface area contributed by atoms with E-state index >= 15 is 0 Å². The van der Waals surface area contributed by atoms with Crippen LogP contribution >= 0.6 is 22.7 Å². The predicted molar refractivity (Wildman–Crippen MR) is 83.3 cm³/mol. The third-order valence-corrected chi connectivity index (χ3v) is 5.12. The molecule has 1 fully saturated rings. The highest BCUT2D eigenvalue weighted by molar-refractivity contribution is 7.16. The summed E-state index contributed by atoms with van der Waals surface area (Å²) in [6, 6.07) is 0.426. The molecular formula is C14H19N3S2. The Balaban J connectivity index is 1.92. The van der Waals surface area contributed by atoms with E-state index in [0.29, 0.717) is 12.0 Å². The molecule has 1 N–H and O–H groups in total. The van der Waals surface area contributed by atoms with Gasteiger partial charge in [-0.25, -0.2) is 9.97 Å². The van der Waals surface area contributed by atoms with Crippen molar-refractivity contribution >= 4 is 27.8 Å². The molecule has 0 amide bonds. The Morgan fingerprint density at radius 1 is 1.37 bits per heavy atom. The molecule has 3 rings (SSSR count). The van der Waals surface area contributed by atoms with E-state index in [1.807, 2.05) is 11.3 Å². The molecule has 0 aliphatic heterocycles. The van der Waals surface area contributed by atoms with Crippen molar-refractivity contribution in [3.05, 3.63) is 16.1 Å². The second kappa shape index (κ2) is 5.21. The molecular weight excluding hydrogens is 274 g/mol. The maximum Gasteiger partial charge on any atom is 0.183 e. The van der Waals surface area contributed by atoms with Gasteiger partial charge in [0.15, 0.2) is 5.13 Å². The summed E-state index contributed by atoms with van der Waals surface area (Å²) in [4.78, 5) is 10.8. The first-order valence-corrected chi connectivity index (χ1v) is 8.59. The first kappa shape index (κ1) is 13.1. The Kier molecular flexibility index (Phi) is 3.58. The van der Waals surface area contributed by atoms with Crippen LogP contribution in [0.2, 0.25) is 0 Å². The zero-order chi connectivity index (χ0) is 13.4. The van der Waals surface area contributed by atoms with Crippen LogP contribution in [0.4, 0.5) is 5.13 Å². The lowest BCUT2D eigenvalue weighted by molar-refractivity contribution is 0.896. The van der Waals surface area contributed by atoms with E-state index in [1.165, 1.54) is 28.4 Å². The normalized spacial score (nSPS) is 15.2. The van der Waals surface area contributed by atoms with Crippen molar-refractivity contribution in [2.75, 3.05) is 5.32 Å². The van der Waals surface area contributed by atoms with Crippen LogP contribution in [0.3, 0.4) is 0 Å². The minimum atomic E-state index is 0.426. The highest BCUT2D eigenvalue weighted by atomic mass is 32.1. The zero-order valence-electron chi connectivity index (χ0n) is 11.6. The standard InChI is InChI=1S/C14H19N3S2/c1-4-11-17-12(9-5-6-9)13(19-11)10-7-18-14(16-10)15-8(2)3/h7-9H,4-6H2,1-3H3,(H,15,16). The fourth-order valence-electron chi connectivity index (χ4n) is 2.04. The van der Waals surface area contributed by atoms with Gasteiger partial charge >= 0.3 is 0 Å². The molecule has 102 valence electrons.